The number of aryl methyl sites for hydroxylation is 1. The molecule has 0 radical (unpaired) electrons. The number of carbonyl (C=O) groups excluding carboxylic acids is 1. The van der Waals surface area contributed by atoms with Gasteiger partial charge >= 0.3 is 0 Å². The van der Waals surface area contributed by atoms with Crippen molar-refractivity contribution in [1.29, 1.82) is 0 Å². The van der Waals surface area contributed by atoms with E-state index in [1.54, 1.807) is 6.92 Å². The number of benzene rings is 1. The van der Waals surface area contributed by atoms with Crippen LogP contribution in [0.3, 0.4) is 0 Å². The van der Waals surface area contributed by atoms with Crippen molar-refractivity contribution in [3.63, 3.8) is 0 Å². The van der Waals surface area contributed by atoms with Crippen molar-refractivity contribution in [2.45, 2.75) is 78.0 Å². The number of fused-ring (bicyclic) bond motifs is 1. The van der Waals surface area contributed by atoms with Gasteiger partial charge in [-0.1, -0.05) is 39.3 Å². The normalized spacial score (nSPS) is 15.6. The van der Waals surface area contributed by atoms with Crippen molar-refractivity contribution in [3.05, 3.63) is 41.5 Å². The van der Waals surface area contributed by atoms with Gasteiger partial charge in [-0.2, -0.15) is 0 Å². The molecule has 1 unspecified atom stereocenters. The van der Waals surface area contributed by atoms with Gasteiger partial charge in [0.2, 0.25) is 0 Å². The summed E-state index contributed by atoms with van der Waals surface area (Å²) in [6.07, 6.45) is 3.90. The topological polar surface area (TPSA) is 69.0 Å². The molecule has 1 aliphatic heterocycles. The van der Waals surface area contributed by atoms with Gasteiger partial charge in [-0.3, -0.25) is 4.79 Å². The second kappa shape index (κ2) is 8.11. The monoisotopic (exact) mass is 370 g/mol. The van der Waals surface area contributed by atoms with E-state index in [0.29, 0.717) is 12.3 Å². The fourth-order valence-corrected chi connectivity index (χ4v) is 3.28. The zero-order chi connectivity index (χ0) is 19.4. The van der Waals surface area contributed by atoms with Gasteiger partial charge in [-0.25, -0.2) is 0 Å². The molecule has 6 nitrogen and oxygen atoms in total. The zero-order valence-corrected chi connectivity index (χ0v) is 16.8. The lowest BCUT2D eigenvalue weighted by atomic mass is 9.87. The summed E-state index contributed by atoms with van der Waals surface area (Å²) in [4.78, 5) is 12.4. The molecule has 27 heavy (non-hydrogen) atoms. The van der Waals surface area contributed by atoms with E-state index in [1.165, 1.54) is 12.0 Å². The lowest BCUT2D eigenvalue weighted by Crippen LogP contribution is -2.36. The lowest BCUT2D eigenvalue weighted by Gasteiger charge is -2.20. The van der Waals surface area contributed by atoms with Gasteiger partial charge in [-0.05, 0) is 42.9 Å². The lowest BCUT2D eigenvalue weighted by molar-refractivity contribution is -0.127. The fourth-order valence-electron chi connectivity index (χ4n) is 3.28. The summed E-state index contributed by atoms with van der Waals surface area (Å²) in [5.74, 6) is 2.39. The van der Waals surface area contributed by atoms with Crippen molar-refractivity contribution >= 4 is 5.91 Å². The molecule has 0 saturated carbocycles. The van der Waals surface area contributed by atoms with Gasteiger partial charge in [0.15, 0.2) is 11.9 Å². The Morgan fingerprint density at radius 1 is 1.19 bits per heavy atom. The number of amides is 1. The minimum absolute atomic E-state index is 0.0950. The molecule has 2 aromatic rings. The molecule has 2 heterocycles. The highest BCUT2D eigenvalue weighted by atomic mass is 16.5. The first-order chi connectivity index (χ1) is 12.8. The number of hydrogen-bond acceptors (Lipinski definition) is 4. The van der Waals surface area contributed by atoms with E-state index in [9.17, 15) is 4.79 Å². The quantitative estimate of drug-likeness (QED) is 0.876. The summed E-state index contributed by atoms with van der Waals surface area (Å²) >= 11 is 0. The van der Waals surface area contributed by atoms with Crippen LogP contribution in [0.2, 0.25) is 0 Å². The average molecular weight is 370 g/mol. The maximum Gasteiger partial charge on any atom is 0.261 e. The summed E-state index contributed by atoms with van der Waals surface area (Å²) in [6.45, 7) is 9.58. The van der Waals surface area contributed by atoms with E-state index < -0.39 is 6.10 Å². The SMILES string of the molecule is CC(Oc1ccc(C(C)(C)C)cc1)C(=O)NCc1nnc2n1CCCCC2. The summed E-state index contributed by atoms with van der Waals surface area (Å²) in [5, 5.41) is 11.4. The average Bonchev–Trinajstić information content (AvgIpc) is 2.85. The summed E-state index contributed by atoms with van der Waals surface area (Å²) in [7, 11) is 0. The maximum atomic E-state index is 12.4. The summed E-state index contributed by atoms with van der Waals surface area (Å²) in [6, 6.07) is 7.93. The fraction of sp³-hybridized carbons (Fsp3) is 0.571. The highest BCUT2D eigenvalue weighted by molar-refractivity contribution is 5.80. The Labute approximate surface area is 161 Å². The number of aromatic nitrogens is 3. The standard InChI is InChI=1S/C21H30N4O2/c1-15(27-17-11-9-16(10-12-17)21(2,3)4)20(26)22-14-19-24-23-18-8-6-5-7-13-25(18)19/h9-12,15H,5-8,13-14H2,1-4H3,(H,22,26). The van der Waals surface area contributed by atoms with E-state index in [0.717, 1.165) is 37.5 Å². The van der Waals surface area contributed by atoms with Crippen molar-refractivity contribution in [3.8, 4) is 5.75 Å². The van der Waals surface area contributed by atoms with E-state index >= 15 is 0 Å². The van der Waals surface area contributed by atoms with Crippen molar-refractivity contribution in [2.75, 3.05) is 0 Å². The number of rotatable bonds is 5. The summed E-state index contributed by atoms with van der Waals surface area (Å²) < 4.78 is 7.93. The molecule has 3 rings (SSSR count). The molecule has 0 bridgehead atoms. The van der Waals surface area contributed by atoms with Crippen LogP contribution in [-0.4, -0.2) is 26.8 Å². The zero-order valence-electron chi connectivity index (χ0n) is 16.8. The Morgan fingerprint density at radius 2 is 1.93 bits per heavy atom. The van der Waals surface area contributed by atoms with E-state index in [-0.39, 0.29) is 11.3 Å². The molecule has 6 heteroatoms. The van der Waals surface area contributed by atoms with Crippen LogP contribution < -0.4 is 10.1 Å². The van der Waals surface area contributed by atoms with Gasteiger partial charge in [-0.15, -0.1) is 10.2 Å². The Bertz CT molecular complexity index is 774. The van der Waals surface area contributed by atoms with E-state index in [1.807, 2.05) is 24.3 Å². The Kier molecular flexibility index (Phi) is 5.82. The minimum atomic E-state index is -0.572. The van der Waals surface area contributed by atoms with Crippen LogP contribution in [-0.2, 0) is 29.7 Å². The number of nitrogens with one attached hydrogen (secondary N) is 1. The molecule has 1 N–H and O–H groups in total. The molecule has 1 atom stereocenters. The van der Waals surface area contributed by atoms with E-state index in [4.69, 9.17) is 4.74 Å². The number of ether oxygens (including phenoxy) is 1. The largest absolute Gasteiger partial charge is 0.481 e. The Balaban J connectivity index is 1.54. The molecular weight excluding hydrogens is 340 g/mol. The highest BCUT2D eigenvalue weighted by Gasteiger charge is 2.19. The molecule has 1 aromatic carbocycles. The van der Waals surface area contributed by atoms with Crippen LogP contribution in [0.15, 0.2) is 24.3 Å². The number of hydrogen-bond donors (Lipinski definition) is 1. The van der Waals surface area contributed by atoms with Gasteiger partial charge in [0.05, 0.1) is 6.54 Å². The molecule has 1 aliphatic rings. The number of carbonyl (C=O) groups is 1. The molecule has 0 spiro atoms. The maximum absolute atomic E-state index is 12.4. The Morgan fingerprint density at radius 3 is 2.63 bits per heavy atom. The third kappa shape index (κ3) is 4.87. The second-order valence-corrected chi connectivity index (χ2v) is 8.25. The highest BCUT2D eigenvalue weighted by Crippen LogP contribution is 2.24. The van der Waals surface area contributed by atoms with Crippen LogP contribution in [0.25, 0.3) is 0 Å². The smallest absolute Gasteiger partial charge is 0.261 e. The third-order valence-corrected chi connectivity index (χ3v) is 5.01. The van der Waals surface area contributed by atoms with Crippen LogP contribution >= 0.6 is 0 Å². The van der Waals surface area contributed by atoms with Crippen LogP contribution in [0.4, 0.5) is 0 Å². The van der Waals surface area contributed by atoms with Crippen LogP contribution in [0.1, 0.15) is 64.2 Å². The minimum Gasteiger partial charge on any atom is -0.481 e. The first-order valence-corrected chi connectivity index (χ1v) is 9.80. The first kappa shape index (κ1) is 19.4. The molecule has 0 fully saturated rings. The molecule has 0 aliphatic carbocycles. The van der Waals surface area contributed by atoms with Gasteiger partial charge in [0, 0.05) is 13.0 Å². The van der Waals surface area contributed by atoms with Gasteiger partial charge in [0.1, 0.15) is 11.6 Å². The molecule has 1 aromatic heterocycles. The molecule has 1 amide bonds. The van der Waals surface area contributed by atoms with Gasteiger partial charge < -0.3 is 14.6 Å². The first-order valence-electron chi connectivity index (χ1n) is 9.80. The van der Waals surface area contributed by atoms with E-state index in [2.05, 4.69) is 40.9 Å². The predicted octanol–water partition coefficient (Wildman–Crippen LogP) is 3.39. The molecule has 0 saturated heterocycles. The van der Waals surface area contributed by atoms with Crippen LogP contribution in [0, 0.1) is 0 Å². The predicted molar refractivity (Wildman–Crippen MR) is 105 cm³/mol. The molecule has 146 valence electrons. The van der Waals surface area contributed by atoms with Crippen molar-refractivity contribution in [2.24, 2.45) is 0 Å². The van der Waals surface area contributed by atoms with Crippen molar-refractivity contribution in [1.82, 2.24) is 20.1 Å². The van der Waals surface area contributed by atoms with Crippen molar-refractivity contribution < 1.29 is 9.53 Å². The van der Waals surface area contributed by atoms with Crippen LogP contribution in [0.5, 0.6) is 5.75 Å². The third-order valence-electron chi connectivity index (χ3n) is 5.01. The Hall–Kier alpha value is -2.37. The summed E-state index contributed by atoms with van der Waals surface area (Å²) in [5.41, 5.74) is 1.33. The molecular formula is C21H30N4O2. The van der Waals surface area contributed by atoms with Gasteiger partial charge in [0.25, 0.3) is 5.91 Å². The number of nitrogens with zero attached hydrogens (tertiary/aromatic N) is 3. The second-order valence-electron chi connectivity index (χ2n) is 8.25.